The van der Waals surface area contributed by atoms with Crippen LogP contribution in [-0.4, -0.2) is 19.4 Å². The van der Waals surface area contributed by atoms with Crippen LogP contribution in [0, 0.1) is 0 Å². The lowest BCUT2D eigenvalue weighted by Gasteiger charge is -2.10. The van der Waals surface area contributed by atoms with Crippen LogP contribution in [0.1, 0.15) is 18.9 Å². The molecule has 0 N–H and O–H groups in total. The van der Waals surface area contributed by atoms with Crippen molar-refractivity contribution in [3.05, 3.63) is 41.5 Å². The first-order valence-corrected chi connectivity index (χ1v) is 5.78. The molecule has 84 valence electrons. The minimum absolute atomic E-state index is 0.678. The maximum Gasteiger partial charge on any atom is 0.119 e. The number of dihydropyridines is 1. The van der Waals surface area contributed by atoms with E-state index in [-0.39, 0.29) is 0 Å². The van der Waals surface area contributed by atoms with E-state index in [2.05, 4.69) is 24.0 Å². The van der Waals surface area contributed by atoms with Crippen molar-refractivity contribution < 1.29 is 4.74 Å². The molecule has 1 heterocycles. The normalized spacial score (nSPS) is 14.7. The summed E-state index contributed by atoms with van der Waals surface area (Å²) in [6.07, 6.45) is 6.00. The van der Waals surface area contributed by atoms with Gasteiger partial charge in [-0.2, -0.15) is 0 Å². The van der Waals surface area contributed by atoms with Crippen molar-refractivity contribution in [2.24, 2.45) is 4.99 Å². The van der Waals surface area contributed by atoms with E-state index in [4.69, 9.17) is 4.74 Å². The molecule has 2 rings (SSSR count). The molecule has 2 heteroatoms. The molecule has 2 nitrogen and oxygen atoms in total. The fraction of sp³-hybridized carbons (Fsp3) is 0.357. The van der Waals surface area contributed by atoms with Crippen LogP contribution in [0.25, 0.3) is 0 Å². The van der Waals surface area contributed by atoms with Crippen LogP contribution in [0.2, 0.25) is 0 Å². The number of hydrogen-bond donors (Lipinski definition) is 0. The van der Waals surface area contributed by atoms with Crippen molar-refractivity contribution in [3.8, 4) is 5.75 Å². The fourth-order valence-corrected chi connectivity index (χ4v) is 1.64. The maximum atomic E-state index is 5.72. The van der Waals surface area contributed by atoms with Crippen molar-refractivity contribution in [2.45, 2.75) is 19.8 Å². The van der Waals surface area contributed by atoms with Gasteiger partial charge in [-0.1, -0.05) is 19.1 Å². The second kappa shape index (κ2) is 5.50. The third-order valence-corrected chi connectivity index (χ3v) is 2.73. The summed E-state index contributed by atoms with van der Waals surface area (Å²) in [5.41, 5.74) is 2.66. The Hall–Kier alpha value is -1.57. The predicted molar refractivity (Wildman–Crippen MR) is 67.4 cm³/mol. The molecule has 1 aliphatic heterocycles. The first-order chi connectivity index (χ1) is 7.88. The van der Waals surface area contributed by atoms with Crippen molar-refractivity contribution in [1.29, 1.82) is 0 Å². The predicted octanol–water partition coefficient (Wildman–Crippen LogP) is 3.03. The average Bonchev–Trinajstić information content (AvgIpc) is 2.38. The lowest BCUT2D eigenvalue weighted by molar-refractivity contribution is 0.347. The van der Waals surface area contributed by atoms with Crippen LogP contribution >= 0.6 is 0 Å². The Kier molecular flexibility index (Phi) is 3.76. The highest BCUT2D eigenvalue weighted by molar-refractivity contribution is 5.73. The summed E-state index contributed by atoms with van der Waals surface area (Å²) in [7, 11) is 0. The van der Waals surface area contributed by atoms with E-state index in [1.807, 2.05) is 24.4 Å². The van der Waals surface area contributed by atoms with Crippen LogP contribution in [-0.2, 0) is 6.42 Å². The Morgan fingerprint density at radius 2 is 2.06 bits per heavy atom. The average molecular weight is 215 g/mol. The molecule has 0 saturated heterocycles. The number of aliphatic imine (C=N–C) groups is 1. The van der Waals surface area contributed by atoms with E-state index in [1.54, 1.807) is 0 Å². The van der Waals surface area contributed by atoms with Crippen molar-refractivity contribution in [1.82, 2.24) is 0 Å². The second-order valence-corrected chi connectivity index (χ2v) is 3.92. The molecule has 1 aliphatic rings. The summed E-state index contributed by atoms with van der Waals surface area (Å²) >= 11 is 0. The summed E-state index contributed by atoms with van der Waals surface area (Å²) in [4.78, 5) is 4.15. The monoisotopic (exact) mass is 215 g/mol. The van der Waals surface area contributed by atoms with Crippen molar-refractivity contribution in [2.75, 3.05) is 13.2 Å². The minimum atomic E-state index is 0.678. The van der Waals surface area contributed by atoms with Gasteiger partial charge in [-0.25, -0.2) is 0 Å². The molecule has 0 amide bonds. The molecule has 0 bridgehead atoms. The van der Waals surface area contributed by atoms with Gasteiger partial charge in [0.2, 0.25) is 0 Å². The van der Waals surface area contributed by atoms with E-state index in [1.165, 1.54) is 11.1 Å². The molecule has 0 radical (unpaired) electrons. The molecule has 0 saturated carbocycles. The van der Waals surface area contributed by atoms with E-state index >= 15 is 0 Å². The Balaban J connectivity index is 1.89. The molecule has 0 aromatic heterocycles. The highest BCUT2D eigenvalue weighted by Gasteiger charge is 2.01. The highest BCUT2D eigenvalue weighted by atomic mass is 16.5. The summed E-state index contributed by atoms with van der Waals surface area (Å²) in [6.45, 7) is 3.73. The number of rotatable bonds is 4. The molecule has 1 aromatic carbocycles. The van der Waals surface area contributed by atoms with Gasteiger partial charge < -0.3 is 4.74 Å². The molecular formula is C14H17NO. The van der Waals surface area contributed by atoms with Gasteiger partial charge in [0.25, 0.3) is 0 Å². The van der Waals surface area contributed by atoms with Gasteiger partial charge in [0.05, 0.1) is 0 Å². The summed E-state index contributed by atoms with van der Waals surface area (Å²) < 4.78 is 5.72. The van der Waals surface area contributed by atoms with Crippen LogP contribution in [0.5, 0.6) is 5.75 Å². The zero-order valence-corrected chi connectivity index (χ0v) is 9.65. The number of nitrogens with zero attached hydrogens (tertiary/aromatic N) is 1. The van der Waals surface area contributed by atoms with E-state index in [9.17, 15) is 0 Å². The molecule has 0 spiro atoms. The number of hydrogen-bond acceptors (Lipinski definition) is 2. The number of ether oxygens (including phenoxy) is 1. The lowest BCUT2D eigenvalue weighted by atomic mass is 10.1. The fourth-order valence-electron chi connectivity index (χ4n) is 1.64. The lowest BCUT2D eigenvalue weighted by Crippen LogP contribution is -2.05. The minimum Gasteiger partial charge on any atom is -0.489 e. The highest BCUT2D eigenvalue weighted by Crippen LogP contribution is 2.14. The van der Waals surface area contributed by atoms with Crippen LogP contribution in [0.3, 0.4) is 0 Å². The van der Waals surface area contributed by atoms with Crippen LogP contribution in [0.4, 0.5) is 0 Å². The van der Waals surface area contributed by atoms with E-state index in [0.717, 1.165) is 25.1 Å². The largest absolute Gasteiger partial charge is 0.489 e. The molecule has 0 atom stereocenters. The third kappa shape index (κ3) is 2.96. The molecule has 0 unspecified atom stereocenters. The molecular weight excluding hydrogens is 198 g/mol. The summed E-state index contributed by atoms with van der Waals surface area (Å²) in [6, 6.07) is 8.31. The first kappa shape index (κ1) is 10.9. The topological polar surface area (TPSA) is 21.6 Å². The molecule has 1 aromatic rings. The Labute approximate surface area is 96.7 Å². The van der Waals surface area contributed by atoms with Gasteiger partial charge in [-0.15, -0.1) is 0 Å². The van der Waals surface area contributed by atoms with Gasteiger partial charge in [0.1, 0.15) is 12.4 Å². The zero-order chi connectivity index (χ0) is 11.2. The third-order valence-electron chi connectivity index (χ3n) is 2.73. The van der Waals surface area contributed by atoms with Gasteiger partial charge >= 0.3 is 0 Å². The van der Waals surface area contributed by atoms with E-state index in [0.29, 0.717) is 6.61 Å². The standard InChI is InChI=1S/C14H17NO/c1-2-12-3-5-14(6-4-12)16-11-13-7-9-15-10-8-13/h3-7,9H,2,8,10-11H2,1H3. The first-order valence-electron chi connectivity index (χ1n) is 5.78. The van der Waals surface area contributed by atoms with Crippen molar-refractivity contribution >= 4 is 6.21 Å². The van der Waals surface area contributed by atoms with Gasteiger partial charge in [0.15, 0.2) is 0 Å². The van der Waals surface area contributed by atoms with Gasteiger partial charge in [-0.05, 0) is 42.2 Å². The van der Waals surface area contributed by atoms with Crippen molar-refractivity contribution in [3.63, 3.8) is 0 Å². The smallest absolute Gasteiger partial charge is 0.119 e. The van der Waals surface area contributed by atoms with Gasteiger partial charge in [-0.3, -0.25) is 4.99 Å². The molecule has 16 heavy (non-hydrogen) atoms. The summed E-state index contributed by atoms with van der Waals surface area (Å²) in [5, 5.41) is 0. The van der Waals surface area contributed by atoms with Crippen LogP contribution in [0.15, 0.2) is 40.9 Å². The summed E-state index contributed by atoms with van der Waals surface area (Å²) in [5.74, 6) is 0.945. The SMILES string of the molecule is CCc1ccc(OCC2=CC=NCC2)cc1. The Bertz CT molecular complexity index is 390. The van der Waals surface area contributed by atoms with E-state index < -0.39 is 0 Å². The number of benzene rings is 1. The van der Waals surface area contributed by atoms with Crippen LogP contribution < -0.4 is 4.74 Å². The van der Waals surface area contributed by atoms with Gasteiger partial charge in [0, 0.05) is 12.8 Å². The zero-order valence-electron chi connectivity index (χ0n) is 9.65. The Morgan fingerprint density at radius 1 is 1.25 bits per heavy atom. The maximum absolute atomic E-state index is 5.72. The molecule has 0 aliphatic carbocycles. The quantitative estimate of drug-likeness (QED) is 0.756. The second-order valence-electron chi connectivity index (χ2n) is 3.92. The number of allylic oxidation sites excluding steroid dienone is 1. The Morgan fingerprint density at radius 3 is 2.69 bits per heavy atom. The number of aryl methyl sites for hydroxylation is 1. The molecule has 0 fully saturated rings.